The van der Waals surface area contributed by atoms with Crippen LogP contribution in [0.1, 0.15) is 6.92 Å². The molecule has 0 aliphatic heterocycles. The van der Waals surface area contributed by atoms with E-state index >= 15 is 0 Å². The molecule has 1 aromatic rings. The minimum absolute atomic E-state index is 0.0330. The first-order valence-electron chi connectivity index (χ1n) is 4.45. The normalized spacial score (nSPS) is 13.5. The molecule has 1 rings (SSSR count). The Morgan fingerprint density at radius 1 is 1.47 bits per heavy atom. The van der Waals surface area contributed by atoms with E-state index in [1.54, 1.807) is 25.1 Å². The number of nitrogens with one attached hydrogen (secondary N) is 1. The van der Waals surface area contributed by atoms with E-state index in [2.05, 4.69) is 5.32 Å². The number of para-hydroxylation sites is 1. The van der Waals surface area contributed by atoms with E-state index in [0.29, 0.717) is 5.69 Å². The van der Waals surface area contributed by atoms with Gasteiger partial charge < -0.3 is 10.4 Å². The van der Waals surface area contributed by atoms with Crippen LogP contribution in [-0.4, -0.2) is 26.2 Å². The molecule has 0 bridgehead atoms. The second kappa shape index (κ2) is 4.61. The molecule has 0 fully saturated rings. The van der Waals surface area contributed by atoms with Crippen molar-refractivity contribution in [1.82, 2.24) is 0 Å². The number of anilines is 1. The van der Waals surface area contributed by atoms with Gasteiger partial charge in [-0.2, -0.15) is 0 Å². The first kappa shape index (κ1) is 12.0. The fourth-order valence-corrected chi connectivity index (χ4v) is 1.83. The summed E-state index contributed by atoms with van der Waals surface area (Å²) < 4.78 is 22.3. The lowest BCUT2D eigenvalue weighted by Gasteiger charge is -2.11. The number of nitrogens with two attached hydrogens (primary N) is 1. The molecular formula is C9H14N2O3S. The van der Waals surface area contributed by atoms with E-state index < -0.39 is 16.1 Å². The third-order valence-corrected chi connectivity index (χ3v) is 2.75. The van der Waals surface area contributed by atoms with E-state index in [4.69, 9.17) is 10.2 Å². The van der Waals surface area contributed by atoms with Crippen LogP contribution >= 0.6 is 0 Å². The number of rotatable bonds is 4. The van der Waals surface area contributed by atoms with Gasteiger partial charge >= 0.3 is 0 Å². The summed E-state index contributed by atoms with van der Waals surface area (Å²) in [6.45, 7) is 1.87. The largest absolute Gasteiger partial charge is 0.392 e. The van der Waals surface area contributed by atoms with Gasteiger partial charge in [0.2, 0.25) is 10.0 Å². The highest BCUT2D eigenvalue weighted by Gasteiger charge is 2.12. The molecule has 0 saturated carbocycles. The molecular weight excluding hydrogens is 216 g/mol. The predicted octanol–water partition coefficient (Wildman–Crippen LogP) is 0.127. The average Bonchev–Trinajstić information content (AvgIpc) is 2.13. The van der Waals surface area contributed by atoms with Crippen LogP contribution in [-0.2, 0) is 10.0 Å². The third kappa shape index (κ3) is 3.50. The maximum absolute atomic E-state index is 11.2. The quantitative estimate of drug-likeness (QED) is 0.685. The van der Waals surface area contributed by atoms with Crippen molar-refractivity contribution in [3.8, 4) is 0 Å². The summed E-state index contributed by atoms with van der Waals surface area (Å²) in [5.41, 5.74) is 0.404. The SMILES string of the molecule is CC(O)CNc1ccccc1S(N)(=O)=O. The van der Waals surface area contributed by atoms with Crippen LogP contribution in [0.3, 0.4) is 0 Å². The van der Waals surface area contributed by atoms with Crippen molar-refractivity contribution in [3.63, 3.8) is 0 Å². The van der Waals surface area contributed by atoms with Crippen LogP contribution in [0.15, 0.2) is 29.2 Å². The molecule has 4 N–H and O–H groups in total. The van der Waals surface area contributed by atoms with Gasteiger partial charge in [-0.3, -0.25) is 0 Å². The Hall–Kier alpha value is -1.11. The number of hydrogen-bond donors (Lipinski definition) is 3. The monoisotopic (exact) mass is 230 g/mol. The van der Waals surface area contributed by atoms with Gasteiger partial charge in [0.1, 0.15) is 4.90 Å². The number of aliphatic hydroxyl groups excluding tert-OH is 1. The van der Waals surface area contributed by atoms with Crippen molar-refractivity contribution in [2.45, 2.75) is 17.9 Å². The number of benzene rings is 1. The fourth-order valence-electron chi connectivity index (χ4n) is 1.12. The minimum Gasteiger partial charge on any atom is -0.392 e. The summed E-state index contributed by atoms with van der Waals surface area (Å²) in [7, 11) is -3.73. The van der Waals surface area contributed by atoms with E-state index in [0.717, 1.165) is 0 Å². The molecule has 6 heteroatoms. The molecule has 0 radical (unpaired) electrons. The van der Waals surface area contributed by atoms with Crippen molar-refractivity contribution < 1.29 is 13.5 Å². The fraction of sp³-hybridized carbons (Fsp3) is 0.333. The van der Waals surface area contributed by atoms with Crippen molar-refractivity contribution in [2.75, 3.05) is 11.9 Å². The van der Waals surface area contributed by atoms with Gasteiger partial charge in [0.05, 0.1) is 11.8 Å². The molecule has 0 heterocycles. The van der Waals surface area contributed by atoms with Gasteiger partial charge in [-0.15, -0.1) is 0 Å². The van der Waals surface area contributed by atoms with Crippen molar-refractivity contribution in [1.29, 1.82) is 0 Å². The molecule has 0 aliphatic rings. The van der Waals surface area contributed by atoms with Gasteiger partial charge in [-0.05, 0) is 19.1 Å². The molecule has 0 spiro atoms. The van der Waals surface area contributed by atoms with Crippen LogP contribution in [0.4, 0.5) is 5.69 Å². The lowest BCUT2D eigenvalue weighted by atomic mass is 10.3. The van der Waals surface area contributed by atoms with Crippen LogP contribution in [0.5, 0.6) is 0 Å². The molecule has 1 aromatic carbocycles. The summed E-state index contributed by atoms with van der Waals surface area (Å²) >= 11 is 0. The van der Waals surface area contributed by atoms with E-state index in [-0.39, 0.29) is 11.4 Å². The molecule has 84 valence electrons. The number of primary sulfonamides is 1. The summed E-state index contributed by atoms with van der Waals surface area (Å²) in [4.78, 5) is 0.0330. The molecule has 1 unspecified atom stereocenters. The van der Waals surface area contributed by atoms with Gasteiger partial charge in [0.25, 0.3) is 0 Å². The number of hydrogen-bond acceptors (Lipinski definition) is 4. The lowest BCUT2D eigenvalue weighted by molar-refractivity contribution is 0.208. The minimum atomic E-state index is -3.73. The standard InChI is InChI=1S/C9H14N2O3S/c1-7(12)6-11-8-4-2-3-5-9(8)15(10,13)14/h2-5,7,11-12H,6H2,1H3,(H2,10,13,14). The molecule has 15 heavy (non-hydrogen) atoms. The summed E-state index contributed by atoms with van der Waals surface area (Å²) in [6.07, 6.45) is -0.557. The Bertz CT molecular complexity index is 429. The first-order chi connectivity index (χ1) is 6.91. The zero-order chi connectivity index (χ0) is 11.5. The number of sulfonamides is 1. The molecule has 1 atom stereocenters. The maximum Gasteiger partial charge on any atom is 0.240 e. The van der Waals surface area contributed by atoms with Crippen molar-refractivity contribution >= 4 is 15.7 Å². The smallest absolute Gasteiger partial charge is 0.240 e. The second-order valence-electron chi connectivity index (χ2n) is 3.27. The Kier molecular flexibility index (Phi) is 3.67. The van der Waals surface area contributed by atoms with E-state index in [1.165, 1.54) is 6.07 Å². The van der Waals surface area contributed by atoms with Crippen LogP contribution in [0.2, 0.25) is 0 Å². The molecule has 0 amide bonds. The summed E-state index contributed by atoms with van der Waals surface area (Å²) in [5, 5.41) is 16.9. The molecule has 5 nitrogen and oxygen atoms in total. The molecule has 0 saturated heterocycles. The highest BCUT2D eigenvalue weighted by Crippen LogP contribution is 2.18. The highest BCUT2D eigenvalue weighted by atomic mass is 32.2. The Labute approximate surface area is 89.0 Å². The van der Waals surface area contributed by atoms with Crippen LogP contribution < -0.4 is 10.5 Å². The maximum atomic E-state index is 11.2. The van der Waals surface area contributed by atoms with Crippen LogP contribution in [0, 0.1) is 0 Å². The lowest BCUT2D eigenvalue weighted by Crippen LogP contribution is -2.19. The first-order valence-corrected chi connectivity index (χ1v) is 5.99. The average molecular weight is 230 g/mol. The predicted molar refractivity (Wildman–Crippen MR) is 58.0 cm³/mol. The van der Waals surface area contributed by atoms with Gasteiger partial charge in [-0.1, -0.05) is 12.1 Å². The zero-order valence-electron chi connectivity index (χ0n) is 8.34. The van der Waals surface area contributed by atoms with E-state index in [1.807, 2.05) is 0 Å². The topological polar surface area (TPSA) is 92.4 Å². The third-order valence-electron chi connectivity index (χ3n) is 1.78. The zero-order valence-corrected chi connectivity index (χ0v) is 9.16. The van der Waals surface area contributed by atoms with Gasteiger partial charge in [0, 0.05) is 6.54 Å². The van der Waals surface area contributed by atoms with Crippen molar-refractivity contribution in [2.24, 2.45) is 5.14 Å². The Balaban J connectivity index is 2.98. The van der Waals surface area contributed by atoms with Gasteiger partial charge in [0.15, 0.2) is 0 Å². The highest BCUT2D eigenvalue weighted by molar-refractivity contribution is 7.89. The van der Waals surface area contributed by atoms with Crippen LogP contribution in [0.25, 0.3) is 0 Å². The van der Waals surface area contributed by atoms with E-state index in [9.17, 15) is 8.42 Å². The number of aliphatic hydroxyl groups is 1. The van der Waals surface area contributed by atoms with Gasteiger partial charge in [-0.25, -0.2) is 13.6 Å². The summed E-state index contributed by atoms with van der Waals surface area (Å²) in [5.74, 6) is 0. The molecule has 0 aliphatic carbocycles. The Morgan fingerprint density at radius 2 is 2.07 bits per heavy atom. The molecule has 0 aromatic heterocycles. The Morgan fingerprint density at radius 3 is 2.60 bits per heavy atom. The second-order valence-corrected chi connectivity index (χ2v) is 4.80. The van der Waals surface area contributed by atoms with Crippen molar-refractivity contribution in [3.05, 3.63) is 24.3 Å². The summed E-state index contributed by atoms with van der Waals surface area (Å²) in [6, 6.07) is 6.30.